The Morgan fingerprint density at radius 1 is 1.29 bits per heavy atom. The van der Waals surface area contributed by atoms with Crippen LogP contribution in [0.4, 0.5) is 11.5 Å². The monoisotopic (exact) mass is 388 g/mol. The predicted molar refractivity (Wildman–Crippen MR) is 110 cm³/mol. The summed E-state index contributed by atoms with van der Waals surface area (Å²) in [5.74, 6) is 0.490. The molecule has 0 spiro atoms. The molecule has 28 heavy (non-hydrogen) atoms. The van der Waals surface area contributed by atoms with E-state index < -0.39 is 11.2 Å². The highest BCUT2D eigenvalue weighted by atomic mass is 16.5. The van der Waals surface area contributed by atoms with Gasteiger partial charge in [0, 0.05) is 20.0 Å². The lowest BCUT2D eigenvalue weighted by Gasteiger charge is -2.20. The number of aromatic amines is 1. The normalized spacial score (nSPS) is 10.7. The van der Waals surface area contributed by atoms with Crippen molar-refractivity contribution < 1.29 is 9.53 Å². The fourth-order valence-corrected chi connectivity index (χ4v) is 2.85. The number of anilines is 2. The molecule has 0 atom stereocenters. The van der Waals surface area contributed by atoms with Crippen LogP contribution in [-0.2, 0) is 11.3 Å². The number of carbonyl (C=O) groups is 1. The van der Waals surface area contributed by atoms with Gasteiger partial charge in [-0.2, -0.15) is 0 Å². The summed E-state index contributed by atoms with van der Waals surface area (Å²) in [7, 11) is 1.49. The number of nitrogen functional groups attached to an aromatic ring is 1. The van der Waals surface area contributed by atoms with Crippen molar-refractivity contribution in [3.8, 4) is 5.75 Å². The summed E-state index contributed by atoms with van der Waals surface area (Å²) in [5.41, 5.74) is 5.90. The van der Waals surface area contributed by atoms with E-state index in [1.165, 1.54) is 16.5 Å². The second kappa shape index (κ2) is 9.77. The van der Waals surface area contributed by atoms with E-state index in [4.69, 9.17) is 10.5 Å². The Bertz CT molecular complexity index is 933. The van der Waals surface area contributed by atoms with Crippen molar-refractivity contribution >= 4 is 17.4 Å². The molecule has 0 bridgehead atoms. The van der Waals surface area contributed by atoms with Gasteiger partial charge in [-0.3, -0.25) is 19.1 Å². The number of aryl methyl sites for hydroxylation is 1. The van der Waals surface area contributed by atoms with Crippen molar-refractivity contribution in [1.82, 2.24) is 9.55 Å². The zero-order chi connectivity index (χ0) is 20.7. The average Bonchev–Trinajstić information content (AvgIpc) is 2.64. The van der Waals surface area contributed by atoms with Crippen molar-refractivity contribution in [1.29, 1.82) is 0 Å². The molecule has 0 radical (unpaired) electrons. The Morgan fingerprint density at radius 2 is 2.04 bits per heavy atom. The molecule has 1 aromatic heterocycles. The minimum absolute atomic E-state index is 0.000283. The number of unbranched alkanes of at least 4 members (excludes halogenated alkanes) is 1. The number of aromatic nitrogens is 2. The maximum Gasteiger partial charge on any atom is 0.330 e. The summed E-state index contributed by atoms with van der Waals surface area (Å²) in [5, 5.41) is 0. The van der Waals surface area contributed by atoms with Crippen LogP contribution in [-0.4, -0.2) is 29.1 Å². The van der Waals surface area contributed by atoms with Gasteiger partial charge in [0.05, 0.1) is 6.61 Å². The molecule has 2 aromatic rings. The van der Waals surface area contributed by atoms with E-state index in [1.54, 1.807) is 0 Å². The number of hydrogen-bond donors (Lipinski definition) is 2. The molecule has 1 heterocycles. The van der Waals surface area contributed by atoms with Gasteiger partial charge in [0.25, 0.3) is 5.56 Å². The van der Waals surface area contributed by atoms with E-state index in [0.717, 1.165) is 24.2 Å². The van der Waals surface area contributed by atoms with Gasteiger partial charge in [0.2, 0.25) is 5.91 Å². The third-order valence-corrected chi connectivity index (χ3v) is 4.45. The zero-order valence-electron chi connectivity index (χ0n) is 16.7. The SMILES string of the molecule is CCCCn1c(N)c(N(C)C(=O)CCCOc2cccc(C)c2)c(=O)[nH]c1=O. The molecule has 0 aliphatic heterocycles. The molecule has 152 valence electrons. The van der Waals surface area contributed by atoms with E-state index in [0.29, 0.717) is 19.6 Å². The number of ether oxygens (including phenoxy) is 1. The Morgan fingerprint density at radius 3 is 2.71 bits per heavy atom. The van der Waals surface area contributed by atoms with Crippen LogP contribution in [0.1, 0.15) is 38.2 Å². The Hall–Kier alpha value is -3.03. The summed E-state index contributed by atoms with van der Waals surface area (Å²) in [6.07, 6.45) is 2.29. The third kappa shape index (κ3) is 5.25. The maximum absolute atomic E-state index is 12.5. The summed E-state index contributed by atoms with van der Waals surface area (Å²) in [4.78, 5) is 40.2. The standard InChI is InChI=1S/C20H28N4O4/c1-4-5-11-24-18(21)17(19(26)22-20(24)27)23(3)16(25)10-7-12-28-15-9-6-8-14(2)13-15/h6,8-9,13H,4-5,7,10-12,21H2,1-3H3,(H,22,26,27). The second-order valence-corrected chi connectivity index (χ2v) is 6.72. The van der Waals surface area contributed by atoms with E-state index in [1.807, 2.05) is 38.1 Å². The highest BCUT2D eigenvalue weighted by Gasteiger charge is 2.20. The van der Waals surface area contributed by atoms with Crippen molar-refractivity contribution in [2.45, 2.75) is 46.1 Å². The number of rotatable bonds is 9. The van der Waals surface area contributed by atoms with Gasteiger partial charge in [0.1, 0.15) is 11.6 Å². The minimum Gasteiger partial charge on any atom is -0.494 e. The molecule has 1 aromatic carbocycles. The first-order valence-corrected chi connectivity index (χ1v) is 9.43. The molecule has 3 N–H and O–H groups in total. The van der Waals surface area contributed by atoms with Crippen LogP contribution in [0.2, 0.25) is 0 Å². The number of H-pyrrole nitrogens is 1. The molecular weight excluding hydrogens is 360 g/mol. The van der Waals surface area contributed by atoms with Crippen LogP contribution in [0.5, 0.6) is 5.75 Å². The molecule has 0 unspecified atom stereocenters. The van der Waals surface area contributed by atoms with E-state index in [2.05, 4.69) is 4.98 Å². The molecule has 0 saturated carbocycles. The van der Waals surface area contributed by atoms with Crippen LogP contribution in [0.3, 0.4) is 0 Å². The van der Waals surface area contributed by atoms with Crippen LogP contribution in [0.15, 0.2) is 33.9 Å². The van der Waals surface area contributed by atoms with Gasteiger partial charge >= 0.3 is 5.69 Å². The highest BCUT2D eigenvalue weighted by molar-refractivity contribution is 5.94. The third-order valence-electron chi connectivity index (χ3n) is 4.45. The van der Waals surface area contributed by atoms with E-state index in [-0.39, 0.29) is 23.8 Å². The van der Waals surface area contributed by atoms with E-state index >= 15 is 0 Å². The van der Waals surface area contributed by atoms with Crippen molar-refractivity contribution in [3.63, 3.8) is 0 Å². The zero-order valence-corrected chi connectivity index (χ0v) is 16.7. The number of nitrogens with zero attached hydrogens (tertiary/aromatic N) is 2. The summed E-state index contributed by atoms with van der Waals surface area (Å²) >= 11 is 0. The summed E-state index contributed by atoms with van der Waals surface area (Å²) in [6, 6.07) is 7.67. The Balaban J connectivity index is 2.02. The van der Waals surface area contributed by atoms with Crippen LogP contribution < -0.4 is 26.6 Å². The lowest BCUT2D eigenvalue weighted by atomic mass is 10.2. The van der Waals surface area contributed by atoms with Crippen molar-refractivity contribution in [2.24, 2.45) is 0 Å². The minimum atomic E-state index is -0.665. The molecule has 8 heteroatoms. The van der Waals surface area contributed by atoms with Gasteiger partial charge < -0.3 is 15.4 Å². The van der Waals surface area contributed by atoms with Crippen molar-refractivity contribution in [3.05, 3.63) is 50.7 Å². The molecule has 0 fully saturated rings. The number of carbonyl (C=O) groups excluding carboxylic acids is 1. The number of nitrogens with two attached hydrogens (primary N) is 1. The molecule has 2 rings (SSSR count). The first kappa shape index (κ1) is 21.3. The Labute approximate surface area is 163 Å². The fourth-order valence-electron chi connectivity index (χ4n) is 2.85. The van der Waals surface area contributed by atoms with Crippen LogP contribution in [0.25, 0.3) is 0 Å². The molecule has 8 nitrogen and oxygen atoms in total. The highest BCUT2D eigenvalue weighted by Crippen LogP contribution is 2.17. The first-order chi connectivity index (χ1) is 13.3. The summed E-state index contributed by atoms with van der Waals surface area (Å²) in [6.45, 7) is 4.73. The average molecular weight is 388 g/mol. The lowest BCUT2D eigenvalue weighted by molar-refractivity contribution is -0.118. The van der Waals surface area contributed by atoms with Crippen LogP contribution in [0, 0.1) is 6.92 Å². The molecule has 0 saturated heterocycles. The van der Waals surface area contributed by atoms with Gasteiger partial charge in [-0.25, -0.2) is 4.79 Å². The molecule has 0 aliphatic rings. The number of hydrogen-bond acceptors (Lipinski definition) is 5. The molecule has 0 aliphatic carbocycles. The molecule has 1 amide bonds. The molecular formula is C20H28N4O4. The number of benzene rings is 1. The summed E-state index contributed by atoms with van der Waals surface area (Å²) < 4.78 is 6.94. The lowest BCUT2D eigenvalue weighted by Crippen LogP contribution is -2.39. The first-order valence-electron chi connectivity index (χ1n) is 9.43. The predicted octanol–water partition coefficient (Wildman–Crippen LogP) is 2.05. The van der Waals surface area contributed by atoms with Gasteiger partial charge in [0.15, 0.2) is 5.69 Å². The smallest absolute Gasteiger partial charge is 0.330 e. The van der Waals surface area contributed by atoms with Gasteiger partial charge in [-0.1, -0.05) is 25.5 Å². The fraction of sp³-hybridized carbons (Fsp3) is 0.450. The quantitative estimate of drug-likeness (QED) is 0.639. The Kier molecular flexibility index (Phi) is 7.43. The second-order valence-electron chi connectivity index (χ2n) is 6.72. The van der Waals surface area contributed by atoms with E-state index in [9.17, 15) is 14.4 Å². The van der Waals surface area contributed by atoms with Gasteiger partial charge in [-0.15, -0.1) is 0 Å². The van der Waals surface area contributed by atoms with Crippen LogP contribution >= 0.6 is 0 Å². The van der Waals surface area contributed by atoms with Gasteiger partial charge in [-0.05, 0) is 37.5 Å². The topological polar surface area (TPSA) is 110 Å². The number of nitrogens with one attached hydrogen (secondary N) is 1. The largest absolute Gasteiger partial charge is 0.494 e. The number of amides is 1. The maximum atomic E-state index is 12.5. The van der Waals surface area contributed by atoms with Crippen molar-refractivity contribution in [2.75, 3.05) is 24.3 Å².